The smallest absolute Gasteiger partial charge is 0.123 e. The predicted octanol–water partition coefficient (Wildman–Crippen LogP) is 4.28. The molecule has 0 fully saturated rings. The van der Waals surface area contributed by atoms with E-state index in [1.807, 2.05) is 19.2 Å². The number of nitrogens with zero attached hydrogens (tertiary/aromatic N) is 1. The van der Waals surface area contributed by atoms with Gasteiger partial charge in [-0.3, -0.25) is 0 Å². The van der Waals surface area contributed by atoms with Crippen molar-refractivity contribution < 1.29 is 4.39 Å². The maximum absolute atomic E-state index is 13.1. The Labute approximate surface area is 130 Å². The number of aromatic nitrogens is 1. The summed E-state index contributed by atoms with van der Waals surface area (Å²) in [6.45, 7) is 7.33. The molecule has 0 saturated heterocycles. The molecule has 0 amide bonds. The Morgan fingerprint density at radius 1 is 1.24 bits per heavy atom. The van der Waals surface area contributed by atoms with Gasteiger partial charge in [0.05, 0.1) is 5.69 Å². The van der Waals surface area contributed by atoms with Crippen molar-refractivity contribution in [3.05, 3.63) is 51.2 Å². The van der Waals surface area contributed by atoms with Gasteiger partial charge in [0.2, 0.25) is 0 Å². The van der Waals surface area contributed by atoms with Gasteiger partial charge in [0.15, 0.2) is 0 Å². The maximum Gasteiger partial charge on any atom is 0.123 e. The second-order valence-corrected chi connectivity index (χ2v) is 6.88. The summed E-state index contributed by atoms with van der Waals surface area (Å²) in [4.78, 5) is 6.18. The molecule has 1 aromatic carbocycles. The van der Waals surface area contributed by atoms with E-state index in [-0.39, 0.29) is 11.2 Å². The molecule has 1 aromatic heterocycles. The molecule has 0 spiro atoms. The Kier molecular flexibility index (Phi) is 5.12. The van der Waals surface area contributed by atoms with E-state index in [9.17, 15) is 4.39 Å². The van der Waals surface area contributed by atoms with E-state index in [2.05, 4.69) is 26.1 Å². The highest BCUT2D eigenvalue weighted by Crippen LogP contribution is 2.36. The molecule has 2 aromatic rings. The Morgan fingerprint density at radius 2 is 1.90 bits per heavy atom. The Hall–Kier alpha value is -1.26. The molecule has 0 unspecified atom stereocenters. The Balaban J connectivity index is 2.39. The average molecular weight is 306 g/mol. The van der Waals surface area contributed by atoms with Crippen molar-refractivity contribution in [2.45, 2.75) is 45.6 Å². The molecule has 2 nitrogen and oxygen atoms in total. The van der Waals surface area contributed by atoms with Gasteiger partial charge in [0.25, 0.3) is 0 Å². The topological polar surface area (TPSA) is 24.9 Å². The zero-order valence-corrected chi connectivity index (χ0v) is 14.0. The second kappa shape index (κ2) is 6.67. The Morgan fingerprint density at radius 3 is 2.48 bits per heavy atom. The van der Waals surface area contributed by atoms with Gasteiger partial charge in [0, 0.05) is 16.8 Å². The third kappa shape index (κ3) is 3.50. The van der Waals surface area contributed by atoms with Gasteiger partial charge in [-0.25, -0.2) is 9.37 Å². The molecular formula is C17H23FN2S. The van der Waals surface area contributed by atoms with Crippen LogP contribution in [0.2, 0.25) is 0 Å². The molecule has 0 aliphatic carbocycles. The maximum atomic E-state index is 13.1. The molecule has 0 saturated carbocycles. The largest absolute Gasteiger partial charge is 0.315 e. The van der Waals surface area contributed by atoms with E-state index in [4.69, 9.17) is 4.98 Å². The molecule has 2 rings (SSSR count). The standard InChI is InChI=1S/C17H23FN2S/c1-5-6-14-15(11-19-4)21-16(20-14)17(2,3)12-7-9-13(18)10-8-12/h7-10,19H,5-6,11H2,1-4H3. The van der Waals surface area contributed by atoms with Crippen LogP contribution in [-0.2, 0) is 18.4 Å². The van der Waals surface area contributed by atoms with Crippen LogP contribution in [0.25, 0.3) is 0 Å². The lowest BCUT2D eigenvalue weighted by Crippen LogP contribution is -2.18. The van der Waals surface area contributed by atoms with Crippen molar-refractivity contribution in [3.8, 4) is 0 Å². The fourth-order valence-corrected chi connectivity index (χ4v) is 3.62. The minimum Gasteiger partial charge on any atom is -0.315 e. The number of thiazole rings is 1. The van der Waals surface area contributed by atoms with E-state index in [0.717, 1.165) is 30.0 Å². The van der Waals surface area contributed by atoms with Gasteiger partial charge in [0.1, 0.15) is 10.8 Å². The zero-order chi connectivity index (χ0) is 15.5. The summed E-state index contributed by atoms with van der Waals surface area (Å²) in [5.41, 5.74) is 2.09. The minimum absolute atomic E-state index is 0.198. The molecular weight excluding hydrogens is 283 g/mol. The molecule has 1 N–H and O–H groups in total. The Bertz CT molecular complexity index is 564. The number of hydrogen-bond donors (Lipinski definition) is 1. The van der Waals surface area contributed by atoms with Gasteiger partial charge in [-0.15, -0.1) is 11.3 Å². The fraction of sp³-hybridized carbons (Fsp3) is 0.471. The predicted molar refractivity (Wildman–Crippen MR) is 87.4 cm³/mol. The third-order valence-corrected chi connectivity index (χ3v) is 5.12. The number of nitrogens with one attached hydrogen (secondary N) is 1. The zero-order valence-electron chi connectivity index (χ0n) is 13.2. The molecule has 1 heterocycles. The van der Waals surface area contributed by atoms with Gasteiger partial charge < -0.3 is 5.32 Å². The van der Waals surface area contributed by atoms with Gasteiger partial charge in [-0.2, -0.15) is 0 Å². The summed E-state index contributed by atoms with van der Waals surface area (Å²) in [5, 5.41) is 4.32. The number of hydrogen-bond acceptors (Lipinski definition) is 3. The van der Waals surface area contributed by atoms with Crippen LogP contribution in [-0.4, -0.2) is 12.0 Å². The SMILES string of the molecule is CCCc1nc(C(C)(C)c2ccc(F)cc2)sc1CNC. The first-order valence-corrected chi connectivity index (χ1v) is 8.20. The lowest BCUT2D eigenvalue weighted by atomic mass is 9.85. The number of benzene rings is 1. The molecule has 0 radical (unpaired) electrons. The van der Waals surface area contributed by atoms with Crippen LogP contribution in [0.5, 0.6) is 0 Å². The van der Waals surface area contributed by atoms with Crippen LogP contribution < -0.4 is 5.32 Å². The quantitative estimate of drug-likeness (QED) is 0.861. The summed E-state index contributed by atoms with van der Waals surface area (Å²) in [5.74, 6) is -0.198. The van der Waals surface area contributed by atoms with Crippen molar-refractivity contribution >= 4 is 11.3 Å². The summed E-state index contributed by atoms with van der Waals surface area (Å²) < 4.78 is 13.1. The van der Waals surface area contributed by atoms with Gasteiger partial charge in [-0.05, 0) is 45.0 Å². The van der Waals surface area contributed by atoms with E-state index in [1.165, 1.54) is 22.7 Å². The second-order valence-electron chi connectivity index (χ2n) is 5.80. The van der Waals surface area contributed by atoms with E-state index >= 15 is 0 Å². The molecule has 0 bridgehead atoms. The van der Waals surface area contributed by atoms with Crippen molar-refractivity contribution in [1.29, 1.82) is 0 Å². The molecule has 4 heteroatoms. The van der Waals surface area contributed by atoms with Crippen molar-refractivity contribution in [1.82, 2.24) is 10.3 Å². The van der Waals surface area contributed by atoms with E-state index in [1.54, 1.807) is 11.3 Å². The first-order valence-electron chi connectivity index (χ1n) is 7.38. The summed E-state index contributed by atoms with van der Waals surface area (Å²) in [6, 6.07) is 6.75. The fourth-order valence-electron chi connectivity index (χ4n) is 2.37. The van der Waals surface area contributed by atoms with E-state index < -0.39 is 0 Å². The average Bonchev–Trinajstić information content (AvgIpc) is 2.84. The van der Waals surface area contributed by atoms with Crippen LogP contribution in [0.3, 0.4) is 0 Å². The third-order valence-electron chi connectivity index (χ3n) is 3.70. The molecule has 114 valence electrons. The molecule has 0 atom stereocenters. The van der Waals surface area contributed by atoms with Crippen molar-refractivity contribution in [2.75, 3.05) is 7.05 Å². The van der Waals surface area contributed by atoms with E-state index in [0.29, 0.717) is 0 Å². The van der Waals surface area contributed by atoms with Crippen LogP contribution in [0.1, 0.15) is 48.3 Å². The highest BCUT2D eigenvalue weighted by Gasteiger charge is 2.28. The lowest BCUT2D eigenvalue weighted by Gasteiger charge is -2.22. The van der Waals surface area contributed by atoms with Crippen LogP contribution >= 0.6 is 11.3 Å². The first kappa shape index (κ1) is 16.1. The molecule has 0 aliphatic rings. The highest BCUT2D eigenvalue weighted by atomic mass is 32.1. The van der Waals surface area contributed by atoms with Gasteiger partial charge in [-0.1, -0.05) is 25.5 Å². The molecule has 0 aliphatic heterocycles. The summed E-state index contributed by atoms with van der Waals surface area (Å²) in [6.07, 6.45) is 2.10. The number of aryl methyl sites for hydroxylation is 1. The van der Waals surface area contributed by atoms with Crippen LogP contribution in [0.4, 0.5) is 4.39 Å². The first-order chi connectivity index (χ1) is 9.98. The van der Waals surface area contributed by atoms with Crippen LogP contribution in [0.15, 0.2) is 24.3 Å². The van der Waals surface area contributed by atoms with Crippen molar-refractivity contribution in [3.63, 3.8) is 0 Å². The molecule has 21 heavy (non-hydrogen) atoms. The van der Waals surface area contributed by atoms with Gasteiger partial charge >= 0.3 is 0 Å². The summed E-state index contributed by atoms with van der Waals surface area (Å²) in [7, 11) is 1.96. The minimum atomic E-state index is -0.202. The monoisotopic (exact) mass is 306 g/mol. The number of halogens is 1. The normalized spacial score (nSPS) is 11.9. The lowest BCUT2D eigenvalue weighted by molar-refractivity contribution is 0.610. The van der Waals surface area contributed by atoms with Crippen molar-refractivity contribution in [2.24, 2.45) is 0 Å². The summed E-state index contributed by atoms with van der Waals surface area (Å²) >= 11 is 1.76. The highest BCUT2D eigenvalue weighted by molar-refractivity contribution is 7.12. The number of rotatable bonds is 6. The van der Waals surface area contributed by atoms with Crippen LogP contribution in [0, 0.1) is 5.82 Å².